The van der Waals surface area contributed by atoms with Gasteiger partial charge in [0.05, 0.1) is 30.3 Å². The van der Waals surface area contributed by atoms with Gasteiger partial charge in [0.25, 0.3) is 5.56 Å². The quantitative estimate of drug-likeness (QED) is 0.420. The summed E-state index contributed by atoms with van der Waals surface area (Å²) < 4.78 is 45.4. The third kappa shape index (κ3) is 4.16. The zero-order valence-corrected chi connectivity index (χ0v) is 18.0. The fourth-order valence-electron chi connectivity index (χ4n) is 3.21. The lowest BCUT2D eigenvalue weighted by molar-refractivity contribution is -0.141. The highest BCUT2D eigenvalue weighted by Gasteiger charge is 2.33. The van der Waals surface area contributed by atoms with Crippen LogP contribution in [-0.2, 0) is 24.5 Å². The molecule has 3 heterocycles. The van der Waals surface area contributed by atoms with Crippen molar-refractivity contribution in [3.8, 4) is 10.6 Å². The summed E-state index contributed by atoms with van der Waals surface area (Å²) in [5, 5.41) is 2.16. The summed E-state index contributed by atoms with van der Waals surface area (Å²) in [5.41, 5.74) is -1.58. The number of hydrogen-bond donors (Lipinski definition) is 0. The largest absolute Gasteiger partial charge is 0.465 e. The maximum absolute atomic E-state index is 13.0. The average Bonchev–Trinajstić information content (AvgIpc) is 3.27. The van der Waals surface area contributed by atoms with Gasteiger partial charge in [-0.25, -0.2) is 19.6 Å². The number of ether oxygens (including phenoxy) is 1. The molecule has 0 fully saturated rings. The van der Waals surface area contributed by atoms with E-state index in [1.54, 1.807) is 29.6 Å². The van der Waals surface area contributed by atoms with Crippen molar-refractivity contribution < 1.29 is 22.7 Å². The summed E-state index contributed by atoms with van der Waals surface area (Å²) in [6.07, 6.45) is -4.70. The molecular formula is C21H15F3N4O4S. The molecule has 170 valence electrons. The SMILES string of the molecule is COC(=O)c1ccc(-c2nc(Cn3c(=O)c4ccc(C(F)(F)F)nc4n(C)c3=O)cs2)cc1. The zero-order valence-electron chi connectivity index (χ0n) is 17.2. The Balaban J connectivity index is 1.69. The number of benzene rings is 1. The lowest BCUT2D eigenvalue weighted by Gasteiger charge is -2.11. The summed E-state index contributed by atoms with van der Waals surface area (Å²) in [5.74, 6) is -0.468. The number of esters is 1. The van der Waals surface area contributed by atoms with E-state index < -0.39 is 29.1 Å². The fourth-order valence-corrected chi connectivity index (χ4v) is 4.03. The van der Waals surface area contributed by atoms with Crippen LogP contribution in [0.1, 0.15) is 21.7 Å². The highest BCUT2D eigenvalue weighted by Crippen LogP contribution is 2.28. The van der Waals surface area contributed by atoms with Crippen molar-refractivity contribution in [3.05, 3.63) is 79.6 Å². The maximum Gasteiger partial charge on any atom is 0.433 e. The Morgan fingerprint density at radius 1 is 1.09 bits per heavy atom. The van der Waals surface area contributed by atoms with Crippen LogP contribution < -0.4 is 11.2 Å². The van der Waals surface area contributed by atoms with Crippen LogP contribution in [0.2, 0.25) is 0 Å². The van der Waals surface area contributed by atoms with Gasteiger partial charge in [0.1, 0.15) is 16.3 Å². The second-order valence-corrected chi connectivity index (χ2v) is 7.87. The van der Waals surface area contributed by atoms with Crippen molar-refractivity contribution in [2.75, 3.05) is 7.11 Å². The smallest absolute Gasteiger partial charge is 0.433 e. The van der Waals surface area contributed by atoms with Gasteiger partial charge in [-0.2, -0.15) is 13.2 Å². The molecule has 0 bridgehead atoms. The number of carbonyl (C=O) groups excluding carboxylic acids is 1. The molecule has 12 heteroatoms. The Labute approximate surface area is 187 Å². The number of halogens is 3. The number of fused-ring (bicyclic) bond motifs is 1. The monoisotopic (exact) mass is 476 g/mol. The molecule has 1 aromatic carbocycles. The van der Waals surface area contributed by atoms with Gasteiger partial charge in [0.15, 0.2) is 0 Å². The summed E-state index contributed by atoms with van der Waals surface area (Å²) in [6, 6.07) is 8.29. The van der Waals surface area contributed by atoms with Gasteiger partial charge in [-0.05, 0) is 24.3 Å². The molecule has 0 aliphatic rings. The molecule has 33 heavy (non-hydrogen) atoms. The van der Waals surface area contributed by atoms with Gasteiger partial charge in [-0.1, -0.05) is 12.1 Å². The van der Waals surface area contributed by atoms with E-state index in [4.69, 9.17) is 0 Å². The van der Waals surface area contributed by atoms with E-state index in [-0.39, 0.29) is 17.6 Å². The Bertz CT molecular complexity index is 1490. The third-order valence-corrected chi connectivity index (χ3v) is 5.84. The number of alkyl halides is 3. The topological polar surface area (TPSA) is 96.1 Å². The summed E-state index contributed by atoms with van der Waals surface area (Å²) >= 11 is 1.28. The lowest BCUT2D eigenvalue weighted by Crippen LogP contribution is -2.39. The van der Waals surface area contributed by atoms with Crippen molar-refractivity contribution in [2.45, 2.75) is 12.7 Å². The molecule has 3 aromatic heterocycles. The normalized spacial score (nSPS) is 11.7. The molecule has 0 spiro atoms. The maximum atomic E-state index is 13.0. The number of methoxy groups -OCH3 is 1. The van der Waals surface area contributed by atoms with Crippen LogP contribution in [0.15, 0.2) is 51.4 Å². The molecule has 0 N–H and O–H groups in total. The molecular weight excluding hydrogens is 461 g/mol. The van der Waals surface area contributed by atoms with Crippen molar-refractivity contribution in [3.63, 3.8) is 0 Å². The fraction of sp³-hybridized carbons (Fsp3) is 0.190. The highest BCUT2D eigenvalue weighted by molar-refractivity contribution is 7.13. The molecule has 0 aliphatic carbocycles. The Morgan fingerprint density at radius 3 is 2.42 bits per heavy atom. The predicted molar refractivity (Wildman–Crippen MR) is 114 cm³/mol. The van der Waals surface area contributed by atoms with Gasteiger partial charge in [0, 0.05) is 18.0 Å². The third-order valence-electron chi connectivity index (χ3n) is 4.90. The molecule has 4 aromatic rings. The molecule has 0 amide bonds. The van der Waals surface area contributed by atoms with Gasteiger partial charge in [-0.3, -0.25) is 13.9 Å². The number of aromatic nitrogens is 4. The van der Waals surface area contributed by atoms with Crippen LogP contribution in [0.4, 0.5) is 13.2 Å². The van der Waals surface area contributed by atoms with E-state index in [2.05, 4.69) is 14.7 Å². The Morgan fingerprint density at radius 2 is 1.79 bits per heavy atom. The second kappa shape index (κ2) is 8.28. The first-order valence-corrected chi connectivity index (χ1v) is 10.3. The molecule has 0 radical (unpaired) electrons. The van der Waals surface area contributed by atoms with Crippen LogP contribution in [-0.4, -0.2) is 32.2 Å². The minimum Gasteiger partial charge on any atom is -0.465 e. The van der Waals surface area contributed by atoms with Crippen LogP contribution in [0, 0.1) is 0 Å². The summed E-state index contributed by atoms with van der Waals surface area (Å²) in [7, 11) is 2.54. The summed E-state index contributed by atoms with van der Waals surface area (Å²) in [6.45, 7) is -0.167. The van der Waals surface area contributed by atoms with Gasteiger partial charge in [-0.15, -0.1) is 11.3 Å². The van der Waals surface area contributed by atoms with Gasteiger partial charge < -0.3 is 4.74 Å². The van der Waals surface area contributed by atoms with Gasteiger partial charge >= 0.3 is 17.8 Å². The van der Waals surface area contributed by atoms with Crippen molar-refractivity contribution in [1.82, 2.24) is 19.1 Å². The number of aryl methyl sites for hydroxylation is 1. The average molecular weight is 476 g/mol. The molecule has 4 rings (SSSR count). The van der Waals surface area contributed by atoms with Crippen molar-refractivity contribution >= 4 is 28.3 Å². The van der Waals surface area contributed by atoms with Crippen molar-refractivity contribution in [1.29, 1.82) is 0 Å². The van der Waals surface area contributed by atoms with E-state index in [0.29, 0.717) is 22.3 Å². The van der Waals surface area contributed by atoms with E-state index >= 15 is 0 Å². The minimum absolute atomic E-state index is 0.112. The Kier molecular flexibility index (Phi) is 5.62. The number of hydrogen-bond acceptors (Lipinski definition) is 7. The van der Waals surface area contributed by atoms with Crippen LogP contribution in [0.3, 0.4) is 0 Å². The standard InChI is InChI=1S/C21H15F3N4O4S/c1-27-16-14(7-8-15(26-16)21(22,23)24)18(29)28(20(27)31)9-13-10-33-17(25-13)11-3-5-12(6-4-11)19(30)32-2/h3-8,10H,9H2,1-2H3. The zero-order chi connectivity index (χ0) is 23.9. The molecule has 8 nitrogen and oxygen atoms in total. The van der Waals surface area contributed by atoms with E-state index in [9.17, 15) is 27.6 Å². The molecule has 0 unspecified atom stereocenters. The van der Waals surface area contributed by atoms with E-state index in [1.165, 1.54) is 25.5 Å². The van der Waals surface area contributed by atoms with E-state index in [0.717, 1.165) is 20.8 Å². The second-order valence-electron chi connectivity index (χ2n) is 7.01. The molecule has 0 saturated heterocycles. The number of carbonyl (C=O) groups is 1. The first-order valence-electron chi connectivity index (χ1n) is 9.41. The number of nitrogens with zero attached hydrogens (tertiary/aromatic N) is 4. The minimum atomic E-state index is -4.70. The van der Waals surface area contributed by atoms with Gasteiger partial charge in [0.2, 0.25) is 0 Å². The predicted octanol–water partition coefficient (Wildman–Crippen LogP) is 3.07. The van der Waals surface area contributed by atoms with Crippen molar-refractivity contribution in [2.24, 2.45) is 7.05 Å². The van der Waals surface area contributed by atoms with Crippen LogP contribution >= 0.6 is 11.3 Å². The van der Waals surface area contributed by atoms with Crippen LogP contribution in [0.25, 0.3) is 21.6 Å². The first-order chi connectivity index (χ1) is 15.6. The lowest BCUT2D eigenvalue weighted by atomic mass is 10.1. The summed E-state index contributed by atoms with van der Waals surface area (Å²) in [4.78, 5) is 45.0. The number of pyridine rings is 1. The molecule has 0 saturated carbocycles. The number of rotatable bonds is 4. The van der Waals surface area contributed by atoms with E-state index in [1.807, 2.05) is 0 Å². The first kappa shape index (κ1) is 22.4. The molecule has 0 aliphatic heterocycles. The highest BCUT2D eigenvalue weighted by atomic mass is 32.1. The van der Waals surface area contributed by atoms with Crippen LogP contribution in [0.5, 0.6) is 0 Å². The number of thiazole rings is 1. The molecule has 0 atom stereocenters. The Hall–Kier alpha value is -3.80.